The fourth-order valence-corrected chi connectivity index (χ4v) is 3.10. The molecule has 2 aromatic rings. The van der Waals surface area contributed by atoms with Crippen LogP contribution in [0.25, 0.3) is 0 Å². The van der Waals surface area contributed by atoms with Crippen LogP contribution in [0.5, 0.6) is 5.75 Å². The lowest BCUT2D eigenvalue weighted by atomic mass is 10.1. The van der Waals surface area contributed by atoms with Crippen molar-refractivity contribution in [1.29, 1.82) is 0 Å². The van der Waals surface area contributed by atoms with Crippen molar-refractivity contribution in [2.24, 2.45) is 0 Å². The van der Waals surface area contributed by atoms with Crippen LogP contribution in [0.4, 0.5) is 4.39 Å². The Morgan fingerprint density at radius 2 is 1.58 bits per heavy atom. The van der Waals surface area contributed by atoms with E-state index in [2.05, 4.69) is 39.0 Å². The van der Waals surface area contributed by atoms with Crippen molar-refractivity contribution in [3.63, 3.8) is 0 Å². The van der Waals surface area contributed by atoms with E-state index in [1.807, 2.05) is 19.1 Å². The third-order valence-corrected chi connectivity index (χ3v) is 5.00. The number of benzene rings is 2. The van der Waals surface area contributed by atoms with E-state index in [0.29, 0.717) is 12.4 Å². The van der Waals surface area contributed by atoms with Gasteiger partial charge in [0.05, 0.1) is 19.6 Å². The molecule has 0 saturated heterocycles. The van der Waals surface area contributed by atoms with Crippen molar-refractivity contribution in [3.8, 4) is 5.75 Å². The van der Waals surface area contributed by atoms with Gasteiger partial charge in [-0.2, -0.15) is 0 Å². The summed E-state index contributed by atoms with van der Waals surface area (Å²) in [5.74, 6) is 0.0107. The number of aryl methyl sites for hydroxylation is 1. The molecule has 130 valence electrons. The number of rotatable bonds is 8. The number of nitrogens with zero attached hydrogens (tertiary/aromatic N) is 1. The molecule has 0 N–H and O–H groups in total. The quantitative estimate of drug-likeness (QED) is 0.613. The molecule has 2 rings (SSSR count). The molecule has 3 heteroatoms. The largest absolute Gasteiger partial charge is 0.486 e. The van der Waals surface area contributed by atoms with Gasteiger partial charge in [0.15, 0.2) is 11.6 Å². The first-order valence-electron chi connectivity index (χ1n) is 8.83. The number of quaternary nitrogens is 1. The minimum atomic E-state index is -0.301. The maximum atomic E-state index is 13.9. The van der Waals surface area contributed by atoms with Gasteiger partial charge in [-0.25, -0.2) is 4.39 Å². The highest BCUT2D eigenvalue weighted by Crippen LogP contribution is 2.20. The summed E-state index contributed by atoms with van der Waals surface area (Å²) in [6.45, 7) is 13.4. The van der Waals surface area contributed by atoms with Gasteiger partial charge in [-0.15, -0.1) is 0 Å². The maximum absolute atomic E-state index is 13.9. The highest BCUT2D eigenvalue weighted by Gasteiger charge is 2.21. The molecule has 0 aliphatic heterocycles. The number of hydrogen-bond donors (Lipinski definition) is 0. The third kappa shape index (κ3) is 4.57. The van der Waals surface area contributed by atoms with Crippen molar-refractivity contribution < 1.29 is 13.6 Å². The van der Waals surface area contributed by atoms with E-state index in [0.717, 1.165) is 41.8 Å². The summed E-state index contributed by atoms with van der Waals surface area (Å²) < 4.78 is 20.6. The van der Waals surface area contributed by atoms with Crippen LogP contribution in [0, 0.1) is 12.7 Å². The van der Waals surface area contributed by atoms with E-state index >= 15 is 0 Å². The van der Waals surface area contributed by atoms with E-state index in [1.165, 1.54) is 11.6 Å². The molecule has 0 heterocycles. The molecular formula is C21H29FNO+. The molecule has 0 amide bonds. The Morgan fingerprint density at radius 1 is 0.917 bits per heavy atom. The Morgan fingerprint density at radius 3 is 2.21 bits per heavy atom. The lowest BCUT2D eigenvalue weighted by molar-refractivity contribution is -0.936. The molecule has 0 aliphatic carbocycles. The van der Waals surface area contributed by atoms with E-state index in [1.54, 1.807) is 6.07 Å². The van der Waals surface area contributed by atoms with Crippen LogP contribution in [0.2, 0.25) is 0 Å². The normalized spacial score (nSPS) is 11.5. The van der Waals surface area contributed by atoms with Crippen molar-refractivity contribution in [1.82, 2.24) is 0 Å². The van der Waals surface area contributed by atoms with Crippen LogP contribution in [-0.2, 0) is 13.2 Å². The number of ether oxygens (including phenoxy) is 1. The molecule has 2 nitrogen and oxygen atoms in total. The molecule has 0 bridgehead atoms. The van der Waals surface area contributed by atoms with Crippen molar-refractivity contribution in [2.75, 3.05) is 19.6 Å². The standard InChI is InChI=1S/C21H29FNO/c1-5-23(6-2,7-3)15-18-9-8-10-19(14-18)16-24-21-12-11-17(4)13-20(21)22/h8-14H,5-7,15-16H2,1-4H3/q+1. The summed E-state index contributed by atoms with van der Waals surface area (Å²) in [4.78, 5) is 0. The first-order valence-corrected chi connectivity index (χ1v) is 8.83. The fraction of sp³-hybridized carbons (Fsp3) is 0.429. The van der Waals surface area contributed by atoms with E-state index in [4.69, 9.17) is 4.74 Å². The van der Waals surface area contributed by atoms with Crippen molar-refractivity contribution in [2.45, 2.75) is 40.8 Å². The Kier molecular flexibility index (Phi) is 6.38. The lowest BCUT2D eigenvalue weighted by Gasteiger charge is -2.36. The van der Waals surface area contributed by atoms with Crippen LogP contribution in [0.15, 0.2) is 42.5 Å². The summed E-state index contributed by atoms with van der Waals surface area (Å²) in [7, 11) is 0. The van der Waals surface area contributed by atoms with Gasteiger partial charge in [0.25, 0.3) is 0 Å². The smallest absolute Gasteiger partial charge is 0.165 e. The minimum absolute atomic E-state index is 0.301. The maximum Gasteiger partial charge on any atom is 0.165 e. The zero-order valence-electron chi connectivity index (χ0n) is 15.3. The number of hydrogen-bond acceptors (Lipinski definition) is 1. The van der Waals surface area contributed by atoms with Gasteiger partial charge < -0.3 is 9.22 Å². The predicted molar refractivity (Wildman–Crippen MR) is 97.5 cm³/mol. The second-order valence-corrected chi connectivity index (χ2v) is 6.49. The lowest BCUT2D eigenvalue weighted by Crippen LogP contribution is -2.46. The predicted octanol–water partition coefficient (Wildman–Crippen LogP) is 5.09. The summed E-state index contributed by atoms with van der Waals surface area (Å²) in [5.41, 5.74) is 3.29. The topological polar surface area (TPSA) is 9.23 Å². The molecule has 0 fully saturated rings. The van der Waals surface area contributed by atoms with Crippen molar-refractivity contribution >= 4 is 0 Å². The molecule has 0 spiro atoms. The fourth-order valence-electron chi connectivity index (χ4n) is 3.10. The van der Waals surface area contributed by atoms with Gasteiger partial charge >= 0.3 is 0 Å². The Labute approximate surface area is 145 Å². The molecule has 0 atom stereocenters. The van der Waals surface area contributed by atoms with Gasteiger partial charge in [0.1, 0.15) is 13.2 Å². The third-order valence-electron chi connectivity index (χ3n) is 5.00. The Bertz CT molecular complexity index is 656. The Balaban J connectivity index is 2.07. The first kappa shape index (κ1) is 18.5. The molecule has 2 aromatic carbocycles. The first-order chi connectivity index (χ1) is 11.5. The summed E-state index contributed by atoms with van der Waals surface area (Å²) in [6, 6.07) is 13.5. The van der Waals surface area contributed by atoms with E-state index < -0.39 is 0 Å². The minimum Gasteiger partial charge on any atom is -0.486 e. The van der Waals surface area contributed by atoms with Crippen LogP contribution >= 0.6 is 0 Å². The monoisotopic (exact) mass is 330 g/mol. The molecule has 0 aromatic heterocycles. The molecule has 0 radical (unpaired) electrons. The zero-order valence-corrected chi connectivity index (χ0v) is 15.3. The highest BCUT2D eigenvalue weighted by atomic mass is 19.1. The average molecular weight is 330 g/mol. The van der Waals surface area contributed by atoms with E-state index in [-0.39, 0.29) is 5.82 Å². The highest BCUT2D eigenvalue weighted by molar-refractivity contribution is 5.29. The van der Waals surface area contributed by atoms with Gasteiger partial charge in [-0.1, -0.05) is 24.3 Å². The molecule has 0 unspecified atom stereocenters. The molecule has 0 saturated carbocycles. The second-order valence-electron chi connectivity index (χ2n) is 6.49. The van der Waals surface area contributed by atoms with Crippen molar-refractivity contribution in [3.05, 3.63) is 65.0 Å². The summed E-state index contributed by atoms with van der Waals surface area (Å²) in [5, 5.41) is 0. The van der Waals surface area contributed by atoms with E-state index in [9.17, 15) is 4.39 Å². The average Bonchev–Trinajstić information content (AvgIpc) is 2.59. The van der Waals surface area contributed by atoms with Gasteiger partial charge in [0, 0.05) is 5.56 Å². The molecule has 24 heavy (non-hydrogen) atoms. The Hall–Kier alpha value is -1.87. The van der Waals surface area contributed by atoms with Gasteiger partial charge in [-0.05, 0) is 57.0 Å². The molecular weight excluding hydrogens is 301 g/mol. The van der Waals surface area contributed by atoms with Gasteiger partial charge in [0.2, 0.25) is 0 Å². The van der Waals surface area contributed by atoms with Crippen LogP contribution in [0.1, 0.15) is 37.5 Å². The summed E-state index contributed by atoms with van der Waals surface area (Å²) in [6.07, 6.45) is 0. The van der Waals surface area contributed by atoms with Crippen LogP contribution < -0.4 is 4.74 Å². The van der Waals surface area contributed by atoms with Crippen LogP contribution in [0.3, 0.4) is 0 Å². The molecule has 0 aliphatic rings. The number of halogens is 1. The summed E-state index contributed by atoms with van der Waals surface area (Å²) >= 11 is 0. The van der Waals surface area contributed by atoms with Gasteiger partial charge in [-0.3, -0.25) is 0 Å². The van der Waals surface area contributed by atoms with Crippen LogP contribution in [-0.4, -0.2) is 24.1 Å². The zero-order chi connectivity index (χ0) is 17.6. The second kappa shape index (κ2) is 8.29. The SMILES string of the molecule is CC[N+](CC)(CC)Cc1cccc(COc2ccc(C)cc2F)c1.